The van der Waals surface area contributed by atoms with Gasteiger partial charge in [-0.25, -0.2) is 12.7 Å². The molecule has 10 nitrogen and oxygen atoms in total. The third-order valence-electron chi connectivity index (χ3n) is 8.43. The van der Waals surface area contributed by atoms with Crippen LogP contribution in [0.3, 0.4) is 0 Å². The Hall–Kier alpha value is -3.83. The predicted molar refractivity (Wildman–Crippen MR) is 163 cm³/mol. The molecular formula is C32H38N4O6S. The van der Waals surface area contributed by atoms with Crippen molar-refractivity contribution < 1.29 is 27.3 Å². The first kappa shape index (κ1) is 30.6. The molecular weight excluding hydrogens is 568 g/mol. The number of ether oxygens (including phenoxy) is 1. The number of hydrogen-bond donors (Lipinski definition) is 0. The lowest BCUT2D eigenvalue weighted by molar-refractivity contribution is -0.131. The van der Waals surface area contributed by atoms with E-state index in [-0.39, 0.29) is 23.4 Å². The van der Waals surface area contributed by atoms with E-state index in [4.69, 9.17) is 14.3 Å². The van der Waals surface area contributed by atoms with Gasteiger partial charge in [-0.15, -0.1) is 0 Å². The molecule has 3 aromatic rings. The van der Waals surface area contributed by atoms with Crippen LogP contribution < -0.4 is 4.31 Å². The number of hydrogen-bond acceptors (Lipinski definition) is 8. The number of aliphatic imine (C=N–C) groups is 1. The summed E-state index contributed by atoms with van der Waals surface area (Å²) in [5.41, 5.74) is 1.85. The molecule has 11 heteroatoms. The molecule has 1 spiro atoms. The number of benzene rings is 2. The first-order chi connectivity index (χ1) is 20.7. The lowest BCUT2D eigenvalue weighted by Crippen LogP contribution is -2.40. The number of amides is 1. The van der Waals surface area contributed by atoms with Gasteiger partial charge in [-0.1, -0.05) is 61.7 Å². The van der Waals surface area contributed by atoms with Gasteiger partial charge in [-0.05, 0) is 56.4 Å². The number of aryl methyl sites for hydroxylation is 1. The minimum Gasteiger partial charge on any atom is -0.363 e. The highest BCUT2D eigenvalue weighted by Crippen LogP contribution is 2.40. The molecule has 0 unspecified atom stereocenters. The Kier molecular flexibility index (Phi) is 8.84. The topological polar surface area (TPSA) is 122 Å². The molecule has 1 aliphatic heterocycles. The number of nitrogens with zero attached hydrogens (tertiary/aromatic N) is 4. The number of carbonyl (C=O) groups excluding carboxylic acids is 2. The third kappa shape index (κ3) is 5.63. The van der Waals surface area contributed by atoms with E-state index < -0.39 is 15.6 Å². The molecule has 1 aromatic heterocycles. The highest BCUT2D eigenvalue weighted by atomic mass is 32.2. The summed E-state index contributed by atoms with van der Waals surface area (Å²) in [6, 6.07) is 11.8. The number of aromatic nitrogens is 1. The van der Waals surface area contributed by atoms with Gasteiger partial charge in [0, 0.05) is 30.2 Å². The van der Waals surface area contributed by atoms with Crippen LogP contribution in [0.4, 0.5) is 5.82 Å². The standard InChI is InChI=1S/C32H38N4O6S/c1-5-6-13-29-33-32(16-9-10-17-32)31(38)35(29)19-24-14-15-26(25(18-24)20-37)27-11-7-8-12-28(27)43(39,40)36(21-41-4)30-22(2)23(3)42-34-30/h7-8,11-12,14-15,18,20H,5-6,9-10,13,16-17,19,21H2,1-4H3. The maximum Gasteiger partial charge on any atom is 0.268 e. The van der Waals surface area contributed by atoms with Gasteiger partial charge in [0.25, 0.3) is 15.9 Å². The molecule has 2 aromatic carbocycles. The van der Waals surface area contributed by atoms with Crippen molar-refractivity contribution in [1.82, 2.24) is 10.1 Å². The average molecular weight is 607 g/mol. The summed E-state index contributed by atoms with van der Waals surface area (Å²) in [6.45, 7) is 5.57. The quantitative estimate of drug-likeness (QED) is 0.188. The largest absolute Gasteiger partial charge is 0.363 e. The monoisotopic (exact) mass is 606 g/mol. The lowest BCUT2D eigenvalue weighted by atomic mass is 9.96. The number of carbonyl (C=O) groups is 2. The molecule has 0 saturated heterocycles. The summed E-state index contributed by atoms with van der Waals surface area (Å²) >= 11 is 0. The van der Waals surface area contributed by atoms with Crippen molar-refractivity contribution in [3.05, 3.63) is 64.9 Å². The molecule has 1 aliphatic carbocycles. The Balaban J connectivity index is 1.50. The summed E-state index contributed by atoms with van der Waals surface area (Å²) in [6.07, 6.45) is 6.92. The molecule has 1 saturated carbocycles. The van der Waals surface area contributed by atoms with Crippen molar-refractivity contribution in [1.29, 1.82) is 0 Å². The van der Waals surface area contributed by atoms with Crippen LogP contribution in [0.25, 0.3) is 11.1 Å². The molecule has 0 bridgehead atoms. The van der Waals surface area contributed by atoms with E-state index in [1.54, 1.807) is 49.1 Å². The van der Waals surface area contributed by atoms with Crippen LogP contribution in [-0.4, -0.2) is 55.9 Å². The predicted octanol–water partition coefficient (Wildman–Crippen LogP) is 5.81. The molecule has 0 radical (unpaired) electrons. The Morgan fingerprint density at radius 3 is 2.51 bits per heavy atom. The van der Waals surface area contributed by atoms with Crippen LogP contribution in [-0.2, 0) is 26.1 Å². The maximum absolute atomic E-state index is 14.1. The molecule has 1 fully saturated rings. The third-order valence-corrected chi connectivity index (χ3v) is 10.2. The Morgan fingerprint density at radius 2 is 1.86 bits per heavy atom. The minimum absolute atomic E-state index is 0.00478. The molecule has 2 aliphatic rings. The first-order valence-electron chi connectivity index (χ1n) is 14.7. The number of sulfonamides is 1. The van der Waals surface area contributed by atoms with Crippen molar-refractivity contribution in [2.24, 2.45) is 4.99 Å². The second-order valence-corrected chi connectivity index (χ2v) is 13.1. The average Bonchev–Trinajstić information content (AvgIpc) is 3.69. The van der Waals surface area contributed by atoms with E-state index in [0.29, 0.717) is 34.6 Å². The fourth-order valence-electron chi connectivity index (χ4n) is 5.97. The van der Waals surface area contributed by atoms with Crippen molar-refractivity contribution in [2.45, 2.75) is 82.7 Å². The molecule has 0 atom stereocenters. The molecule has 228 valence electrons. The number of methoxy groups -OCH3 is 1. The summed E-state index contributed by atoms with van der Waals surface area (Å²) in [4.78, 5) is 32.8. The summed E-state index contributed by atoms with van der Waals surface area (Å²) in [5.74, 6) is 1.49. The van der Waals surface area contributed by atoms with Crippen LogP contribution in [0.15, 0.2) is 56.9 Å². The molecule has 2 heterocycles. The summed E-state index contributed by atoms with van der Waals surface area (Å²) < 4.78 is 39.7. The van der Waals surface area contributed by atoms with E-state index in [1.807, 2.05) is 6.07 Å². The van der Waals surface area contributed by atoms with Gasteiger partial charge in [0.1, 0.15) is 23.9 Å². The zero-order valence-corrected chi connectivity index (χ0v) is 25.9. The van der Waals surface area contributed by atoms with Crippen LogP contribution in [0, 0.1) is 13.8 Å². The van der Waals surface area contributed by atoms with Crippen LogP contribution in [0.5, 0.6) is 0 Å². The van der Waals surface area contributed by atoms with Gasteiger partial charge in [0.05, 0.1) is 11.4 Å². The van der Waals surface area contributed by atoms with E-state index in [2.05, 4.69) is 12.1 Å². The smallest absolute Gasteiger partial charge is 0.268 e. The zero-order valence-electron chi connectivity index (χ0n) is 25.1. The molecule has 0 N–H and O–H groups in total. The maximum atomic E-state index is 14.1. The SMILES string of the molecule is CCCCC1=NC2(CCCC2)C(=O)N1Cc1ccc(-c2ccccc2S(=O)(=O)N(COC)c2noc(C)c2C)c(C=O)c1. The van der Waals surface area contributed by atoms with Gasteiger partial charge in [-0.3, -0.25) is 19.5 Å². The number of aldehydes is 1. The van der Waals surface area contributed by atoms with Gasteiger partial charge in [0.15, 0.2) is 12.1 Å². The summed E-state index contributed by atoms with van der Waals surface area (Å²) in [5, 5.41) is 3.97. The van der Waals surface area contributed by atoms with Gasteiger partial charge in [-0.2, -0.15) is 0 Å². The fraction of sp³-hybridized carbons (Fsp3) is 0.438. The van der Waals surface area contributed by atoms with Crippen molar-refractivity contribution in [3.63, 3.8) is 0 Å². The molecule has 43 heavy (non-hydrogen) atoms. The second-order valence-electron chi connectivity index (χ2n) is 11.3. The molecule has 5 rings (SSSR count). The Morgan fingerprint density at radius 1 is 1.12 bits per heavy atom. The fourth-order valence-corrected chi connectivity index (χ4v) is 7.55. The van der Waals surface area contributed by atoms with E-state index in [9.17, 15) is 18.0 Å². The van der Waals surface area contributed by atoms with Crippen molar-refractivity contribution in [2.75, 3.05) is 18.1 Å². The molecule has 1 amide bonds. The second kappa shape index (κ2) is 12.4. The van der Waals surface area contributed by atoms with Gasteiger partial charge in [0.2, 0.25) is 0 Å². The highest BCUT2D eigenvalue weighted by Gasteiger charge is 2.49. The first-order valence-corrected chi connectivity index (χ1v) is 16.1. The Bertz CT molecular complexity index is 1660. The van der Waals surface area contributed by atoms with E-state index in [1.165, 1.54) is 13.2 Å². The number of amidine groups is 1. The Labute approximate surface area is 252 Å². The van der Waals surface area contributed by atoms with Crippen molar-refractivity contribution in [3.8, 4) is 11.1 Å². The minimum atomic E-state index is -4.19. The zero-order chi connectivity index (χ0) is 30.8. The van der Waals surface area contributed by atoms with Crippen LogP contribution >= 0.6 is 0 Å². The van der Waals surface area contributed by atoms with Crippen LogP contribution in [0.1, 0.15) is 79.1 Å². The normalized spacial score (nSPS) is 16.2. The van der Waals surface area contributed by atoms with E-state index >= 15 is 0 Å². The lowest BCUT2D eigenvalue weighted by Gasteiger charge is -2.24. The van der Waals surface area contributed by atoms with E-state index in [0.717, 1.165) is 66.9 Å². The van der Waals surface area contributed by atoms with Crippen molar-refractivity contribution >= 4 is 33.9 Å². The van der Waals surface area contributed by atoms with Gasteiger partial charge >= 0.3 is 0 Å². The number of anilines is 1. The number of unbranched alkanes of at least 4 members (excludes halogenated alkanes) is 1. The highest BCUT2D eigenvalue weighted by molar-refractivity contribution is 7.93. The van der Waals surface area contributed by atoms with Crippen LogP contribution in [0.2, 0.25) is 0 Å². The van der Waals surface area contributed by atoms with Gasteiger partial charge < -0.3 is 9.26 Å². The summed E-state index contributed by atoms with van der Waals surface area (Å²) in [7, 11) is -2.79. The number of rotatable bonds is 12.